The van der Waals surface area contributed by atoms with Crippen molar-refractivity contribution in [2.75, 3.05) is 0 Å². The summed E-state index contributed by atoms with van der Waals surface area (Å²) in [7, 11) is 0. The summed E-state index contributed by atoms with van der Waals surface area (Å²) in [6.07, 6.45) is 0.351. The maximum Gasteiger partial charge on any atom is 0.229 e. The Hall–Kier alpha value is -2.15. The smallest absolute Gasteiger partial charge is 0.229 e. The van der Waals surface area contributed by atoms with E-state index in [9.17, 15) is 14.0 Å². The Morgan fingerprint density at radius 2 is 2.27 bits per heavy atom. The molecule has 1 aromatic carbocycles. The van der Waals surface area contributed by atoms with Gasteiger partial charge in [0.05, 0.1) is 12.0 Å². The molecule has 0 atom stereocenters. The Balaban J connectivity index is 3.05. The first-order valence-electron chi connectivity index (χ1n) is 4.16. The van der Waals surface area contributed by atoms with Crippen LogP contribution >= 0.6 is 0 Å². The molecule has 1 rings (SSSR count). The molecule has 2 N–H and O–H groups in total. The summed E-state index contributed by atoms with van der Waals surface area (Å²) in [6.45, 7) is 0. The lowest BCUT2D eigenvalue weighted by molar-refractivity contribution is -0.117. The minimum atomic E-state index is -0.591. The number of primary amides is 1. The predicted molar refractivity (Wildman–Crippen MR) is 52.5 cm³/mol. The monoisotopic (exact) mass is 205 g/mol. The fourth-order valence-corrected chi connectivity index (χ4v) is 0.991. The maximum atomic E-state index is 13.2. The highest BCUT2D eigenvalue weighted by Gasteiger charge is 2.04. The van der Waals surface area contributed by atoms with Gasteiger partial charge >= 0.3 is 0 Å². The molecule has 0 bridgehead atoms. The van der Waals surface area contributed by atoms with Gasteiger partial charge in [0, 0.05) is 5.56 Å². The summed E-state index contributed by atoms with van der Waals surface area (Å²) in [5.41, 5.74) is 5.01. The van der Waals surface area contributed by atoms with Gasteiger partial charge in [0.25, 0.3) is 0 Å². The minimum Gasteiger partial charge on any atom is -0.369 e. The molecule has 0 aromatic heterocycles. The zero-order valence-electron chi connectivity index (χ0n) is 7.79. The molecule has 0 aliphatic carbocycles. The van der Waals surface area contributed by atoms with E-state index in [1.807, 2.05) is 0 Å². The van der Waals surface area contributed by atoms with E-state index in [1.165, 1.54) is 18.2 Å². The zero-order chi connectivity index (χ0) is 11.3. The van der Waals surface area contributed by atoms with Crippen molar-refractivity contribution < 1.29 is 14.0 Å². The van der Waals surface area contributed by atoms with Crippen LogP contribution in [-0.2, 0) is 4.79 Å². The molecule has 15 heavy (non-hydrogen) atoms. The second-order valence-electron chi connectivity index (χ2n) is 2.77. The average molecular weight is 205 g/mol. The number of benzene rings is 1. The van der Waals surface area contributed by atoms with Crippen molar-refractivity contribution in [1.82, 2.24) is 0 Å². The zero-order valence-corrected chi connectivity index (χ0v) is 7.79. The topological polar surface area (TPSA) is 60.2 Å². The average Bonchev–Trinajstić information content (AvgIpc) is 2.20. The quantitative estimate of drug-likeness (QED) is 0.575. The van der Waals surface area contributed by atoms with Crippen LogP contribution < -0.4 is 5.73 Å². The third-order valence-corrected chi connectivity index (χ3v) is 1.65. The molecular formula is C11H8FNO2. The van der Waals surface area contributed by atoms with Gasteiger partial charge in [-0.2, -0.15) is 0 Å². The lowest BCUT2D eigenvalue weighted by atomic mass is 10.1. The highest BCUT2D eigenvalue weighted by atomic mass is 19.1. The van der Waals surface area contributed by atoms with Gasteiger partial charge in [-0.3, -0.25) is 9.59 Å². The third kappa shape index (κ3) is 2.92. The number of amides is 1. The van der Waals surface area contributed by atoms with Crippen molar-refractivity contribution in [2.24, 2.45) is 5.73 Å². The number of hydrogen-bond donors (Lipinski definition) is 1. The second kappa shape index (κ2) is 4.91. The molecule has 0 heterocycles. The number of carbonyl (C=O) groups is 2. The van der Waals surface area contributed by atoms with Gasteiger partial charge in [-0.15, -0.1) is 0 Å². The van der Waals surface area contributed by atoms with E-state index in [4.69, 9.17) is 5.73 Å². The van der Waals surface area contributed by atoms with E-state index >= 15 is 0 Å². The van der Waals surface area contributed by atoms with E-state index in [0.29, 0.717) is 6.29 Å². The molecule has 4 heteroatoms. The van der Waals surface area contributed by atoms with Crippen LogP contribution in [-0.4, -0.2) is 12.2 Å². The summed E-state index contributed by atoms with van der Waals surface area (Å²) in [4.78, 5) is 20.9. The van der Waals surface area contributed by atoms with Crippen molar-refractivity contribution in [3.05, 3.63) is 35.1 Å². The molecule has 1 amide bonds. The number of nitrogens with two attached hydrogens (primary N) is 1. The third-order valence-electron chi connectivity index (χ3n) is 1.65. The van der Waals surface area contributed by atoms with Crippen LogP contribution in [0, 0.1) is 17.7 Å². The lowest BCUT2D eigenvalue weighted by Crippen LogP contribution is -2.08. The van der Waals surface area contributed by atoms with Crippen LogP contribution in [0.2, 0.25) is 0 Å². The summed E-state index contributed by atoms with van der Waals surface area (Å²) in [5, 5.41) is 0. The molecule has 0 spiro atoms. The molecule has 0 aliphatic heterocycles. The van der Waals surface area contributed by atoms with Crippen molar-refractivity contribution in [3.8, 4) is 11.8 Å². The summed E-state index contributed by atoms with van der Waals surface area (Å²) in [6, 6.07) is 4.06. The normalized spacial score (nSPS) is 8.87. The fraction of sp³-hybridized carbons (Fsp3) is 0.0909. The molecule has 0 radical (unpaired) electrons. The van der Waals surface area contributed by atoms with Crippen LogP contribution in [0.15, 0.2) is 18.2 Å². The Labute approximate surface area is 86.1 Å². The molecule has 3 nitrogen and oxygen atoms in total. The van der Waals surface area contributed by atoms with E-state index in [1.54, 1.807) is 0 Å². The van der Waals surface area contributed by atoms with Crippen molar-refractivity contribution in [2.45, 2.75) is 6.42 Å². The Bertz CT molecular complexity index is 457. The van der Waals surface area contributed by atoms with Gasteiger partial charge in [0.1, 0.15) is 5.82 Å². The van der Waals surface area contributed by atoms with Gasteiger partial charge in [-0.05, 0) is 6.07 Å². The highest BCUT2D eigenvalue weighted by molar-refractivity contribution is 5.80. The van der Waals surface area contributed by atoms with Crippen LogP contribution in [0.5, 0.6) is 0 Å². The molecule has 0 aliphatic rings. The van der Waals surface area contributed by atoms with Gasteiger partial charge < -0.3 is 5.73 Å². The number of halogens is 1. The standard InChI is InChI=1S/C11H8FNO2/c12-10-5-1-3-8(7-14)9(10)4-2-6-11(13)15/h1,3,5,7H,6H2,(H2,13,15). The summed E-state index contributed by atoms with van der Waals surface area (Å²) < 4.78 is 13.2. The molecule has 0 fully saturated rings. The first-order valence-corrected chi connectivity index (χ1v) is 4.16. The molecule has 0 saturated heterocycles. The fourth-order valence-electron chi connectivity index (χ4n) is 0.991. The van der Waals surface area contributed by atoms with Crippen LogP contribution in [0.3, 0.4) is 0 Å². The van der Waals surface area contributed by atoms with Crippen molar-refractivity contribution in [1.29, 1.82) is 0 Å². The van der Waals surface area contributed by atoms with E-state index in [-0.39, 0.29) is 17.5 Å². The highest BCUT2D eigenvalue weighted by Crippen LogP contribution is 2.10. The molecule has 0 unspecified atom stereocenters. The Kier molecular flexibility index (Phi) is 3.58. The first kappa shape index (κ1) is 10.9. The van der Waals surface area contributed by atoms with Crippen LogP contribution in [0.25, 0.3) is 0 Å². The van der Waals surface area contributed by atoms with Gasteiger partial charge in [-0.25, -0.2) is 4.39 Å². The van der Waals surface area contributed by atoms with Crippen molar-refractivity contribution >= 4 is 12.2 Å². The van der Waals surface area contributed by atoms with Gasteiger partial charge in [0.2, 0.25) is 5.91 Å². The number of rotatable bonds is 2. The Morgan fingerprint density at radius 3 is 2.87 bits per heavy atom. The summed E-state index contributed by atoms with van der Waals surface area (Å²) in [5.74, 6) is 3.62. The molecular weight excluding hydrogens is 197 g/mol. The van der Waals surface area contributed by atoms with Gasteiger partial charge in [-0.1, -0.05) is 24.0 Å². The SMILES string of the molecule is NC(=O)CC#Cc1c(F)cccc1C=O. The minimum absolute atomic E-state index is 0.00579. The lowest BCUT2D eigenvalue weighted by Gasteiger charge is -1.96. The largest absolute Gasteiger partial charge is 0.369 e. The Morgan fingerprint density at radius 1 is 1.53 bits per heavy atom. The van der Waals surface area contributed by atoms with E-state index in [2.05, 4.69) is 11.8 Å². The second-order valence-corrected chi connectivity index (χ2v) is 2.77. The molecule has 0 saturated carbocycles. The summed E-state index contributed by atoms with van der Waals surface area (Å²) >= 11 is 0. The number of aldehydes is 1. The van der Waals surface area contributed by atoms with Crippen molar-refractivity contribution in [3.63, 3.8) is 0 Å². The predicted octanol–water partition coefficient (Wildman–Crippen LogP) is 0.865. The van der Waals surface area contributed by atoms with Gasteiger partial charge in [0.15, 0.2) is 6.29 Å². The maximum absolute atomic E-state index is 13.2. The number of hydrogen-bond acceptors (Lipinski definition) is 2. The number of carbonyl (C=O) groups excluding carboxylic acids is 2. The molecule has 1 aromatic rings. The van der Waals surface area contributed by atoms with Crippen LogP contribution in [0.1, 0.15) is 22.3 Å². The van der Waals surface area contributed by atoms with E-state index in [0.717, 1.165) is 0 Å². The van der Waals surface area contributed by atoms with Crippen LogP contribution in [0.4, 0.5) is 4.39 Å². The first-order chi connectivity index (χ1) is 7.15. The van der Waals surface area contributed by atoms with E-state index < -0.39 is 11.7 Å². The molecule has 76 valence electrons.